The van der Waals surface area contributed by atoms with E-state index in [1.165, 1.54) is 17.5 Å². The van der Waals surface area contributed by atoms with Crippen molar-refractivity contribution in [3.05, 3.63) is 23.8 Å². The van der Waals surface area contributed by atoms with Gasteiger partial charge in [0.1, 0.15) is 0 Å². The zero-order valence-corrected chi connectivity index (χ0v) is 8.91. The van der Waals surface area contributed by atoms with Crippen LogP contribution in [0, 0.1) is 0 Å². The number of pyridine rings is 1. The van der Waals surface area contributed by atoms with E-state index in [4.69, 9.17) is 4.74 Å². The van der Waals surface area contributed by atoms with E-state index >= 15 is 0 Å². The van der Waals surface area contributed by atoms with Crippen LogP contribution in [0.25, 0.3) is 10.1 Å². The Morgan fingerprint density at radius 1 is 1.53 bits per heavy atom. The zero-order chi connectivity index (χ0) is 10.7. The molecule has 0 bridgehead atoms. The minimum absolute atomic E-state index is 0.298. The van der Waals surface area contributed by atoms with Crippen molar-refractivity contribution in [2.24, 2.45) is 0 Å². The van der Waals surface area contributed by atoms with Crippen molar-refractivity contribution < 1.29 is 14.3 Å². The van der Waals surface area contributed by atoms with E-state index in [1.54, 1.807) is 13.1 Å². The lowest BCUT2D eigenvalue weighted by Gasteiger charge is -2.03. The van der Waals surface area contributed by atoms with Crippen LogP contribution >= 0.6 is 11.3 Å². The molecule has 0 saturated carbocycles. The fraction of sp³-hybridized carbons (Fsp3) is 0.200. The van der Waals surface area contributed by atoms with E-state index in [1.807, 2.05) is 11.4 Å². The molecule has 0 aromatic carbocycles. The first-order valence-corrected chi connectivity index (χ1v) is 5.35. The van der Waals surface area contributed by atoms with Gasteiger partial charge in [0, 0.05) is 11.6 Å². The topological polar surface area (TPSA) is 48.4 Å². The van der Waals surface area contributed by atoms with Gasteiger partial charge >= 0.3 is 6.16 Å². The molecule has 0 atom stereocenters. The van der Waals surface area contributed by atoms with Crippen LogP contribution < -0.4 is 4.74 Å². The fourth-order valence-corrected chi connectivity index (χ4v) is 1.99. The molecule has 15 heavy (non-hydrogen) atoms. The van der Waals surface area contributed by atoms with E-state index in [0.29, 0.717) is 12.4 Å². The van der Waals surface area contributed by atoms with E-state index in [-0.39, 0.29) is 0 Å². The first-order chi connectivity index (χ1) is 7.31. The lowest BCUT2D eigenvalue weighted by molar-refractivity contribution is 0.105. The molecule has 0 saturated heterocycles. The van der Waals surface area contributed by atoms with Gasteiger partial charge in [-0.2, -0.15) is 0 Å². The molecule has 0 aliphatic carbocycles. The quantitative estimate of drug-likeness (QED) is 0.734. The molecular formula is C10H9NO3S. The van der Waals surface area contributed by atoms with E-state index in [0.717, 1.165) is 10.1 Å². The lowest BCUT2D eigenvalue weighted by atomic mass is 10.3. The number of carbonyl (C=O) groups excluding carboxylic acids is 1. The number of fused-ring (bicyclic) bond motifs is 1. The van der Waals surface area contributed by atoms with Gasteiger partial charge in [0.2, 0.25) is 0 Å². The molecule has 78 valence electrons. The number of carbonyl (C=O) groups is 1. The number of rotatable bonds is 2. The molecule has 0 radical (unpaired) electrons. The second-order valence-electron chi connectivity index (χ2n) is 2.76. The van der Waals surface area contributed by atoms with Crippen LogP contribution in [0.1, 0.15) is 6.92 Å². The predicted molar refractivity (Wildman–Crippen MR) is 57.3 cm³/mol. The van der Waals surface area contributed by atoms with Crippen molar-refractivity contribution in [3.8, 4) is 5.75 Å². The predicted octanol–water partition coefficient (Wildman–Crippen LogP) is 2.83. The molecule has 0 aliphatic heterocycles. The molecule has 2 aromatic heterocycles. The fourth-order valence-electron chi connectivity index (χ4n) is 1.17. The highest BCUT2D eigenvalue weighted by Gasteiger charge is 2.09. The normalized spacial score (nSPS) is 10.2. The number of nitrogens with zero attached hydrogens (tertiary/aromatic N) is 1. The van der Waals surface area contributed by atoms with Crippen molar-refractivity contribution >= 4 is 27.6 Å². The van der Waals surface area contributed by atoms with Crippen LogP contribution in [-0.2, 0) is 4.74 Å². The minimum atomic E-state index is -0.694. The summed E-state index contributed by atoms with van der Waals surface area (Å²) in [5.41, 5.74) is 0. The van der Waals surface area contributed by atoms with E-state index in [2.05, 4.69) is 9.72 Å². The second kappa shape index (κ2) is 4.27. The summed E-state index contributed by atoms with van der Waals surface area (Å²) in [6.45, 7) is 2.03. The van der Waals surface area contributed by atoms with Crippen LogP contribution in [0.5, 0.6) is 5.75 Å². The molecular weight excluding hydrogens is 214 g/mol. The van der Waals surface area contributed by atoms with Crippen LogP contribution in [0.15, 0.2) is 23.8 Å². The lowest BCUT2D eigenvalue weighted by Crippen LogP contribution is -2.10. The molecule has 2 heterocycles. The summed E-state index contributed by atoms with van der Waals surface area (Å²) in [7, 11) is 0. The van der Waals surface area contributed by atoms with E-state index < -0.39 is 6.16 Å². The molecule has 0 aliphatic rings. The average Bonchev–Trinajstić information content (AvgIpc) is 2.67. The summed E-state index contributed by atoms with van der Waals surface area (Å²) < 4.78 is 10.6. The summed E-state index contributed by atoms with van der Waals surface area (Å²) in [5.74, 6) is 0.445. The van der Waals surface area contributed by atoms with Gasteiger partial charge in [0.05, 0.1) is 17.5 Å². The Kier molecular flexibility index (Phi) is 2.82. The third kappa shape index (κ3) is 2.07. The molecule has 0 spiro atoms. The molecule has 0 N–H and O–H groups in total. The molecule has 5 heteroatoms. The third-order valence-corrected chi connectivity index (χ3v) is 2.73. The van der Waals surface area contributed by atoms with E-state index in [9.17, 15) is 4.79 Å². The maximum atomic E-state index is 11.1. The SMILES string of the molecule is CCOC(=O)Oc1cncc2ccsc12. The van der Waals surface area contributed by atoms with Gasteiger partial charge in [-0.1, -0.05) is 0 Å². The summed E-state index contributed by atoms with van der Waals surface area (Å²) in [6, 6.07) is 1.92. The van der Waals surface area contributed by atoms with Crippen LogP contribution in [-0.4, -0.2) is 17.7 Å². The van der Waals surface area contributed by atoms with Gasteiger partial charge in [0.15, 0.2) is 5.75 Å². The van der Waals surface area contributed by atoms with Gasteiger partial charge in [-0.3, -0.25) is 4.98 Å². The molecule has 0 unspecified atom stereocenters. The van der Waals surface area contributed by atoms with Gasteiger partial charge in [-0.05, 0) is 18.4 Å². The number of hydrogen-bond donors (Lipinski definition) is 0. The van der Waals surface area contributed by atoms with Crippen molar-refractivity contribution in [1.29, 1.82) is 0 Å². The Hall–Kier alpha value is -1.62. The molecule has 2 rings (SSSR count). The van der Waals surface area contributed by atoms with Gasteiger partial charge in [-0.25, -0.2) is 4.79 Å². The molecule has 4 nitrogen and oxygen atoms in total. The second-order valence-corrected chi connectivity index (χ2v) is 3.68. The Balaban J connectivity index is 2.27. The molecule has 2 aromatic rings. The van der Waals surface area contributed by atoms with Crippen molar-refractivity contribution in [1.82, 2.24) is 4.98 Å². The smallest absolute Gasteiger partial charge is 0.434 e. The highest BCUT2D eigenvalue weighted by atomic mass is 32.1. The molecule has 0 fully saturated rings. The van der Waals surface area contributed by atoms with Gasteiger partial charge < -0.3 is 9.47 Å². The maximum Gasteiger partial charge on any atom is 0.513 e. The molecule has 0 amide bonds. The standard InChI is InChI=1S/C10H9NO3S/c1-2-13-10(12)14-8-6-11-5-7-3-4-15-9(7)8/h3-6H,2H2,1H3. The highest BCUT2D eigenvalue weighted by molar-refractivity contribution is 7.17. The monoisotopic (exact) mass is 223 g/mol. The van der Waals surface area contributed by atoms with Crippen molar-refractivity contribution in [2.75, 3.05) is 6.61 Å². The van der Waals surface area contributed by atoms with Crippen LogP contribution in [0.4, 0.5) is 4.79 Å². The first-order valence-electron chi connectivity index (χ1n) is 4.47. The number of ether oxygens (including phenoxy) is 2. The summed E-state index contributed by atoms with van der Waals surface area (Å²) in [4.78, 5) is 15.1. The summed E-state index contributed by atoms with van der Waals surface area (Å²) in [6.07, 6.45) is 2.54. The Morgan fingerprint density at radius 2 is 2.40 bits per heavy atom. The van der Waals surface area contributed by atoms with Gasteiger partial charge in [0.25, 0.3) is 0 Å². The minimum Gasteiger partial charge on any atom is -0.434 e. The highest BCUT2D eigenvalue weighted by Crippen LogP contribution is 2.29. The third-order valence-electron chi connectivity index (χ3n) is 1.78. The Bertz CT molecular complexity index is 480. The summed E-state index contributed by atoms with van der Waals surface area (Å²) >= 11 is 1.50. The number of thiophene rings is 1. The number of hydrogen-bond acceptors (Lipinski definition) is 5. The summed E-state index contributed by atoms with van der Waals surface area (Å²) in [5, 5.41) is 2.88. The maximum absolute atomic E-state index is 11.1. The van der Waals surface area contributed by atoms with Gasteiger partial charge in [-0.15, -0.1) is 11.3 Å². The average molecular weight is 223 g/mol. The zero-order valence-electron chi connectivity index (χ0n) is 8.10. The van der Waals surface area contributed by atoms with Crippen LogP contribution in [0.2, 0.25) is 0 Å². The Morgan fingerprint density at radius 3 is 3.20 bits per heavy atom. The largest absolute Gasteiger partial charge is 0.513 e. The van der Waals surface area contributed by atoms with Crippen molar-refractivity contribution in [3.63, 3.8) is 0 Å². The number of aromatic nitrogens is 1. The first kappa shape index (κ1) is 9.92. The van der Waals surface area contributed by atoms with Crippen LogP contribution in [0.3, 0.4) is 0 Å². The van der Waals surface area contributed by atoms with Crippen molar-refractivity contribution in [2.45, 2.75) is 6.92 Å². The Labute approximate surface area is 90.5 Å².